The SMILES string of the molecule is c1ccc(C2(c3ccccc3)c3ccccc3-c3ccc(N(c4ccc(-c5cccc6c5oc5ccccc56)cc4)c4ccc5c(c4)C4(c6ccccc6-c6ccccc64)c4cccc6c7ccccc7n-5c46)cc32)cc1. The Morgan fingerprint density at radius 2 is 0.805 bits per heavy atom. The van der Waals surface area contributed by atoms with Gasteiger partial charge < -0.3 is 13.9 Å². The first-order valence-corrected chi connectivity index (χ1v) is 26.7. The molecule has 14 aromatic rings. The molecule has 1 spiro atoms. The summed E-state index contributed by atoms with van der Waals surface area (Å²) in [6.07, 6.45) is 0. The molecule has 12 aromatic carbocycles. The molecule has 0 amide bonds. The maximum Gasteiger partial charge on any atom is 0.143 e. The summed E-state index contributed by atoms with van der Waals surface area (Å²) in [6.45, 7) is 0. The smallest absolute Gasteiger partial charge is 0.143 e. The third-order valence-electron chi connectivity index (χ3n) is 17.5. The van der Waals surface area contributed by atoms with E-state index in [4.69, 9.17) is 4.42 Å². The molecule has 2 aliphatic carbocycles. The molecule has 0 saturated heterocycles. The fourth-order valence-corrected chi connectivity index (χ4v) is 14.5. The van der Waals surface area contributed by atoms with Crippen LogP contribution in [0.15, 0.2) is 283 Å². The van der Waals surface area contributed by atoms with Crippen LogP contribution in [0.1, 0.15) is 44.5 Å². The predicted octanol–water partition coefficient (Wildman–Crippen LogP) is 18.9. The number of nitrogens with zero attached hydrogens (tertiary/aromatic N) is 2. The number of anilines is 3. The van der Waals surface area contributed by atoms with Gasteiger partial charge in [0, 0.05) is 44.2 Å². The van der Waals surface area contributed by atoms with Crippen LogP contribution in [-0.4, -0.2) is 4.57 Å². The summed E-state index contributed by atoms with van der Waals surface area (Å²) in [7, 11) is 0. The Balaban J connectivity index is 0.950. The second-order valence-electron chi connectivity index (χ2n) is 21.0. The lowest BCUT2D eigenvalue weighted by Crippen LogP contribution is -2.33. The molecule has 0 fully saturated rings. The molecule has 0 unspecified atom stereocenters. The van der Waals surface area contributed by atoms with Crippen molar-refractivity contribution < 1.29 is 4.42 Å². The maximum atomic E-state index is 6.62. The Morgan fingerprint density at radius 1 is 0.312 bits per heavy atom. The van der Waals surface area contributed by atoms with Gasteiger partial charge in [-0.25, -0.2) is 0 Å². The average Bonchev–Trinajstić information content (AvgIpc) is 4.27. The summed E-state index contributed by atoms with van der Waals surface area (Å²) in [6, 6.07) is 104. The minimum atomic E-state index is -0.613. The zero-order chi connectivity index (χ0) is 50.4. The van der Waals surface area contributed by atoms with E-state index in [1.165, 1.54) is 94.3 Å². The van der Waals surface area contributed by atoms with Crippen molar-refractivity contribution in [2.45, 2.75) is 10.8 Å². The van der Waals surface area contributed by atoms with Crippen LogP contribution in [0, 0.1) is 0 Å². The summed E-state index contributed by atoms with van der Waals surface area (Å²) in [4.78, 5) is 2.50. The van der Waals surface area contributed by atoms with Gasteiger partial charge in [-0.2, -0.15) is 0 Å². The summed E-state index contributed by atoms with van der Waals surface area (Å²) in [5.74, 6) is 0. The third kappa shape index (κ3) is 5.54. The van der Waals surface area contributed by atoms with Gasteiger partial charge in [-0.1, -0.05) is 224 Å². The molecular weight excluding hydrogens is 933 g/mol. The summed E-state index contributed by atoms with van der Waals surface area (Å²) >= 11 is 0. The number of furan rings is 1. The van der Waals surface area contributed by atoms with Crippen LogP contribution in [0.3, 0.4) is 0 Å². The van der Waals surface area contributed by atoms with Crippen molar-refractivity contribution in [1.29, 1.82) is 0 Å². The minimum absolute atomic E-state index is 0.576. The van der Waals surface area contributed by atoms with Crippen molar-refractivity contribution >= 4 is 60.8 Å². The van der Waals surface area contributed by atoms with Crippen molar-refractivity contribution in [3.63, 3.8) is 0 Å². The van der Waals surface area contributed by atoms with Gasteiger partial charge in [-0.05, 0) is 127 Å². The van der Waals surface area contributed by atoms with E-state index in [1.54, 1.807) is 0 Å². The van der Waals surface area contributed by atoms with Crippen molar-refractivity contribution in [2.75, 3.05) is 4.90 Å². The van der Waals surface area contributed by atoms with Crippen LogP contribution < -0.4 is 4.90 Å². The zero-order valence-corrected chi connectivity index (χ0v) is 41.9. The van der Waals surface area contributed by atoms with Gasteiger partial charge in [0.1, 0.15) is 11.2 Å². The molecule has 358 valence electrons. The molecule has 3 heteroatoms. The summed E-state index contributed by atoms with van der Waals surface area (Å²) in [5.41, 5.74) is 24.9. The van der Waals surface area contributed by atoms with Gasteiger partial charge in [0.15, 0.2) is 0 Å². The van der Waals surface area contributed by atoms with Crippen molar-refractivity contribution in [1.82, 2.24) is 4.57 Å². The Bertz CT molecular complexity index is 4670. The maximum absolute atomic E-state index is 6.62. The first kappa shape index (κ1) is 42.4. The van der Waals surface area contributed by atoms with Gasteiger partial charge in [0.25, 0.3) is 0 Å². The standard InChI is InChI=1S/C74H46N2O/c1-3-19-48(20-4-1)73(49-21-5-2-6-22-49)62-31-12-7-25-56(62)57-43-41-51(45-66(57)73)75(50-39-37-47(38-40-50)53-28-17-30-61-59-27-11-16-36-70(59)77-72(53)61)52-42-44-69-67(46-52)74(63-32-13-8-23-54(63)55-24-9-14-33-64(55)74)65-34-18-29-60-58-26-10-15-35-68(58)76(69)71(60)65/h1-46H. The van der Waals surface area contributed by atoms with Crippen molar-refractivity contribution in [3.8, 4) is 39.1 Å². The normalized spacial score (nSPS) is 13.9. The minimum Gasteiger partial charge on any atom is -0.455 e. The molecule has 1 aliphatic heterocycles. The lowest BCUT2D eigenvalue weighted by Gasteiger charge is -2.40. The van der Waals surface area contributed by atoms with Crippen molar-refractivity contribution in [3.05, 3.63) is 324 Å². The van der Waals surface area contributed by atoms with E-state index < -0.39 is 10.8 Å². The fourth-order valence-electron chi connectivity index (χ4n) is 14.5. The lowest BCUT2D eigenvalue weighted by molar-refractivity contribution is 0.670. The highest BCUT2D eigenvalue weighted by Crippen LogP contribution is 2.62. The van der Waals surface area contributed by atoms with Crippen LogP contribution >= 0.6 is 0 Å². The van der Waals surface area contributed by atoms with Crippen LogP contribution in [0.5, 0.6) is 0 Å². The van der Waals surface area contributed by atoms with Crippen LogP contribution in [0.25, 0.3) is 82.8 Å². The van der Waals surface area contributed by atoms with Gasteiger partial charge in [0.2, 0.25) is 0 Å². The first-order chi connectivity index (χ1) is 38.2. The van der Waals surface area contributed by atoms with E-state index in [1.807, 2.05) is 6.07 Å². The van der Waals surface area contributed by atoms with Crippen LogP contribution in [-0.2, 0) is 10.8 Å². The quantitative estimate of drug-likeness (QED) is 0.166. The molecule has 0 N–H and O–H groups in total. The Labute approximate surface area is 445 Å². The number of fused-ring (bicyclic) bond motifs is 18. The number of benzene rings is 12. The monoisotopic (exact) mass is 978 g/mol. The van der Waals surface area contributed by atoms with Gasteiger partial charge in [-0.3, -0.25) is 0 Å². The molecule has 0 atom stereocenters. The summed E-state index contributed by atoms with van der Waals surface area (Å²) in [5, 5.41) is 4.78. The summed E-state index contributed by atoms with van der Waals surface area (Å²) < 4.78 is 9.17. The van der Waals surface area contributed by atoms with E-state index in [0.717, 1.165) is 50.1 Å². The van der Waals surface area contributed by atoms with E-state index in [2.05, 4.69) is 282 Å². The molecule has 3 heterocycles. The second kappa shape index (κ2) is 15.8. The van der Waals surface area contributed by atoms with Gasteiger partial charge >= 0.3 is 0 Å². The molecule has 0 bridgehead atoms. The van der Waals surface area contributed by atoms with Crippen LogP contribution in [0.4, 0.5) is 17.1 Å². The zero-order valence-electron chi connectivity index (χ0n) is 41.9. The molecule has 0 radical (unpaired) electrons. The number of rotatable bonds is 6. The number of hydrogen-bond donors (Lipinski definition) is 0. The number of hydrogen-bond acceptors (Lipinski definition) is 2. The van der Waals surface area contributed by atoms with Crippen molar-refractivity contribution in [2.24, 2.45) is 0 Å². The van der Waals surface area contributed by atoms with Gasteiger partial charge in [-0.15, -0.1) is 0 Å². The first-order valence-electron chi connectivity index (χ1n) is 26.7. The molecule has 17 rings (SSSR count). The lowest BCUT2D eigenvalue weighted by atomic mass is 9.65. The topological polar surface area (TPSA) is 21.3 Å². The molecule has 77 heavy (non-hydrogen) atoms. The van der Waals surface area contributed by atoms with Gasteiger partial charge in [0.05, 0.1) is 27.6 Å². The van der Waals surface area contributed by atoms with E-state index in [0.29, 0.717) is 0 Å². The highest BCUT2D eigenvalue weighted by atomic mass is 16.3. The fraction of sp³-hybridized carbons (Fsp3) is 0.0270. The largest absolute Gasteiger partial charge is 0.455 e. The molecule has 3 nitrogen and oxygen atoms in total. The van der Waals surface area contributed by atoms with E-state index in [9.17, 15) is 0 Å². The van der Waals surface area contributed by atoms with E-state index >= 15 is 0 Å². The average molecular weight is 979 g/mol. The number of aromatic nitrogens is 1. The molecular formula is C74H46N2O. The predicted molar refractivity (Wildman–Crippen MR) is 316 cm³/mol. The Hall–Kier alpha value is -9.96. The van der Waals surface area contributed by atoms with Crippen LogP contribution in [0.2, 0.25) is 0 Å². The highest BCUT2D eigenvalue weighted by molar-refractivity contribution is 6.13. The van der Waals surface area contributed by atoms with E-state index in [-0.39, 0.29) is 0 Å². The molecule has 2 aromatic heterocycles. The number of para-hydroxylation sites is 4. The molecule has 3 aliphatic rings. The Kier molecular flexibility index (Phi) is 8.69. The molecule has 0 saturated carbocycles. The third-order valence-corrected chi connectivity index (χ3v) is 17.5. The second-order valence-corrected chi connectivity index (χ2v) is 21.0. The Morgan fingerprint density at radius 3 is 1.51 bits per heavy atom. The highest BCUT2D eigenvalue weighted by Gasteiger charge is 2.51.